The summed E-state index contributed by atoms with van der Waals surface area (Å²) in [5.74, 6) is -0.298. The molecule has 0 unspecified atom stereocenters. The molecule has 1 heterocycles. The van der Waals surface area contributed by atoms with Crippen LogP contribution in [0.2, 0.25) is 10.0 Å². The standard InChI is InChI=1S/C13H8Cl2FN3/c1-7-2-3-8(6-17)13(18-7)19-9-4-10(14)12(16)11(15)5-9/h2-5H,1H3,(H,18,19). The molecule has 96 valence electrons. The van der Waals surface area contributed by atoms with Gasteiger partial charge in [-0.3, -0.25) is 0 Å². The van der Waals surface area contributed by atoms with E-state index in [4.69, 9.17) is 28.5 Å². The molecule has 0 aliphatic rings. The monoisotopic (exact) mass is 295 g/mol. The quantitative estimate of drug-likeness (QED) is 0.833. The molecule has 0 saturated heterocycles. The van der Waals surface area contributed by atoms with E-state index >= 15 is 0 Å². The number of nitrogens with one attached hydrogen (secondary N) is 1. The second kappa shape index (κ2) is 5.43. The molecule has 1 aromatic carbocycles. The summed E-state index contributed by atoms with van der Waals surface area (Å²) >= 11 is 11.4. The Bertz CT molecular complexity index is 657. The molecule has 0 aliphatic carbocycles. The van der Waals surface area contributed by atoms with Gasteiger partial charge in [0.05, 0.1) is 15.6 Å². The van der Waals surface area contributed by atoms with Gasteiger partial charge in [-0.15, -0.1) is 0 Å². The lowest BCUT2D eigenvalue weighted by Crippen LogP contribution is -1.99. The highest BCUT2D eigenvalue weighted by molar-refractivity contribution is 6.35. The maximum absolute atomic E-state index is 13.3. The summed E-state index contributed by atoms with van der Waals surface area (Å²) in [5, 5.41) is 11.7. The highest BCUT2D eigenvalue weighted by Crippen LogP contribution is 2.29. The third-order valence-corrected chi connectivity index (χ3v) is 2.95. The fourth-order valence-electron chi connectivity index (χ4n) is 1.51. The summed E-state index contributed by atoms with van der Waals surface area (Å²) in [7, 11) is 0. The number of pyridine rings is 1. The molecule has 0 radical (unpaired) electrons. The van der Waals surface area contributed by atoms with Crippen molar-refractivity contribution in [3.63, 3.8) is 0 Å². The first-order valence-corrected chi connectivity index (χ1v) is 6.06. The SMILES string of the molecule is Cc1ccc(C#N)c(Nc2cc(Cl)c(F)c(Cl)c2)n1. The molecule has 0 aliphatic heterocycles. The summed E-state index contributed by atoms with van der Waals surface area (Å²) in [6.07, 6.45) is 0. The van der Waals surface area contributed by atoms with Crippen molar-refractivity contribution in [3.8, 4) is 6.07 Å². The van der Waals surface area contributed by atoms with Crippen LogP contribution in [0.3, 0.4) is 0 Å². The number of hydrogen-bond acceptors (Lipinski definition) is 3. The van der Waals surface area contributed by atoms with Gasteiger partial charge in [-0.25, -0.2) is 9.37 Å². The molecule has 2 aromatic rings. The molecule has 1 aromatic heterocycles. The van der Waals surface area contributed by atoms with E-state index in [1.165, 1.54) is 12.1 Å². The second-order valence-corrected chi connectivity index (χ2v) is 4.65. The van der Waals surface area contributed by atoms with Crippen molar-refractivity contribution < 1.29 is 4.39 Å². The van der Waals surface area contributed by atoms with Gasteiger partial charge >= 0.3 is 0 Å². The van der Waals surface area contributed by atoms with Gasteiger partial charge in [0.1, 0.15) is 11.9 Å². The average molecular weight is 296 g/mol. The smallest absolute Gasteiger partial charge is 0.160 e. The summed E-state index contributed by atoms with van der Waals surface area (Å²) in [4.78, 5) is 4.21. The number of rotatable bonds is 2. The first-order valence-electron chi connectivity index (χ1n) is 5.30. The van der Waals surface area contributed by atoms with Crippen molar-refractivity contribution in [2.24, 2.45) is 0 Å². The topological polar surface area (TPSA) is 48.7 Å². The molecule has 0 amide bonds. The van der Waals surface area contributed by atoms with Crippen molar-refractivity contribution in [3.05, 3.63) is 51.4 Å². The summed E-state index contributed by atoms with van der Waals surface area (Å²) in [6, 6.07) is 8.17. The lowest BCUT2D eigenvalue weighted by molar-refractivity contribution is 0.629. The number of hydrogen-bond donors (Lipinski definition) is 1. The summed E-state index contributed by atoms with van der Waals surface area (Å²) in [6.45, 7) is 1.80. The van der Waals surface area contributed by atoms with E-state index < -0.39 is 5.82 Å². The van der Waals surface area contributed by atoms with Crippen LogP contribution in [0.25, 0.3) is 0 Å². The molecule has 1 N–H and O–H groups in total. The highest BCUT2D eigenvalue weighted by atomic mass is 35.5. The molecular formula is C13H8Cl2FN3. The number of halogens is 3. The van der Waals surface area contributed by atoms with Crippen LogP contribution < -0.4 is 5.32 Å². The van der Waals surface area contributed by atoms with Crippen molar-refractivity contribution >= 4 is 34.7 Å². The number of nitrogens with zero attached hydrogens (tertiary/aromatic N) is 2. The normalized spacial score (nSPS) is 10.1. The average Bonchev–Trinajstić information content (AvgIpc) is 2.36. The van der Waals surface area contributed by atoms with Crippen LogP contribution in [0.15, 0.2) is 24.3 Å². The van der Waals surface area contributed by atoms with Crippen molar-refractivity contribution in [2.75, 3.05) is 5.32 Å². The number of aryl methyl sites for hydroxylation is 1. The van der Waals surface area contributed by atoms with Crippen molar-refractivity contribution in [1.29, 1.82) is 5.26 Å². The minimum atomic E-state index is -0.674. The Morgan fingerprint density at radius 1 is 1.26 bits per heavy atom. The molecule has 6 heteroatoms. The third kappa shape index (κ3) is 2.95. The summed E-state index contributed by atoms with van der Waals surface area (Å²) < 4.78 is 13.3. The lowest BCUT2D eigenvalue weighted by Gasteiger charge is -2.09. The predicted octanol–water partition coefficient (Wildman–Crippen LogP) is 4.45. The first-order chi connectivity index (χ1) is 9.01. The highest BCUT2D eigenvalue weighted by Gasteiger charge is 2.10. The van der Waals surface area contributed by atoms with Crippen LogP contribution >= 0.6 is 23.2 Å². The number of aromatic nitrogens is 1. The van der Waals surface area contributed by atoms with Gasteiger partial charge in [-0.1, -0.05) is 23.2 Å². The van der Waals surface area contributed by atoms with Gasteiger partial charge in [0.2, 0.25) is 0 Å². The molecule has 3 nitrogen and oxygen atoms in total. The Morgan fingerprint density at radius 3 is 2.47 bits per heavy atom. The zero-order chi connectivity index (χ0) is 14.0. The summed E-state index contributed by atoms with van der Waals surface area (Å²) in [5.41, 5.74) is 1.59. The Balaban J connectivity index is 2.42. The minimum Gasteiger partial charge on any atom is -0.339 e. The zero-order valence-corrected chi connectivity index (χ0v) is 11.3. The fraction of sp³-hybridized carbons (Fsp3) is 0.0769. The molecule has 0 spiro atoms. The van der Waals surface area contributed by atoms with E-state index in [1.54, 1.807) is 19.1 Å². The molecule has 2 rings (SSSR count). The first kappa shape index (κ1) is 13.6. The van der Waals surface area contributed by atoms with Crippen LogP contribution in [0.4, 0.5) is 15.9 Å². The van der Waals surface area contributed by atoms with Gasteiger partial charge in [0.15, 0.2) is 5.82 Å². The third-order valence-electron chi connectivity index (χ3n) is 2.40. The van der Waals surface area contributed by atoms with Crippen molar-refractivity contribution in [1.82, 2.24) is 4.98 Å². The Labute approximate surface area is 119 Å². The molecule has 0 saturated carbocycles. The van der Waals surface area contributed by atoms with Gasteiger partial charge in [0, 0.05) is 11.4 Å². The van der Waals surface area contributed by atoms with Crippen LogP contribution in [-0.2, 0) is 0 Å². The minimum absolute atomic E-state index is 0.0961. The molecular weight excluding hydrogens is 288 g/mol. The number of anilines is 2. The molecule has 0 bridgehead atoms. The molecule has 19 heavy (non-hydrogen) atoms. The zero-order valence-electron chi connectivity index (χ0n) is 9.84. The molecule has 0 fully saturated rings. The van der Waals surface area contributed by atoms with Crippen molar-refractivity contribution in [2.45, 2.75) is 6.92 Å². The van der Waals surface area contributed by atoms with Gasteiger partial charge in [0.25, 0.3) is 0 Å². The van der Waals surface area contributed by atoms with Gasteiger partial charge in [-0.05, 0) is 31.2 Å². The number of nitriles is 1. The van der Waals surface area contributed by atoms with Crippen LogP contribution in [0, 0.1) is 24.1 Å². The maximum Gasteiger partial charge on any atom is 0.160 e. The molecule has 0 atom stereocenters. The van der Waals surface area contributed by atoms with E-state index in [2.05, 4.69) is 10.3 Å². The van der Waals surface area contributed by atoms with Crippen LogP contribution in [0.5, 0.6) is 0 Å². The Hall–Kier alpha value is -1.83. The number of benzene rings is 1. The van der Waals surface area contributed by atoms with Crippen LogP contribution in [0.1, 0.15) is 11.3 Å². The Morgan fingerprint density at radius 2 is 1.89 bits per heavy atom. The van der Waals surface area contributed by atoms with Crippen LogP contribution in [-0.4, -0.2) is 4.98 Å². The van der Waals surface area contributed by atoms with Gasteiger partial charge < -0.3 is 5.32 Å². The van der Waals surface area contributed by atoms with E-state index in [1.807, 2.05) is 6.07 Å². The largest absolute Gasteiger partial charge is 0.339 e. The van der Waals surface area contributed by atoms with Gasteiger partial charge in [-0.2, -0.15) is 5.26 Å². The lowest BCUT2D eigenvalue weighted by atomic mass is 10.2. The fourth-order valence-corrected chi connectivity index (χ4v) is 1.99. The predicted molar refractivity (Wildman–Crippen MR) is 73.4 cm³/mol. The second-order valence-electron chi connectivity index (χ2n) is 3.84. The van der Waals surface area contributed by atoms with E-state index in [-0.39, 0.29) is 10.0 Å². The maximum atomic E-state index is 13.3. The van der Waals surface area contributed by atoms with E-state index in [0.717, 1.165) is 5.69 Å². The van der Waals surface area contributed by atoms with E-state index in [9.17, 15) is 4.39 Å². The van der Waals surface area contributed by atoms with E-state index in [0.29, 0.717) is 17.1 Å². The Kier molecular flexibility index (Phi) is 3.89.